The lowest BCUT2D eigenvalue weighted by molar-refractivity contribution is -0.141. The number of ketones is 1. The highest BCUT2D eigenvalue weighted by molar-refractivity contribution is 5.79. The molecule has 0 aromatic rings. The molecule has 3 N–H and O–H groups in total. The molecule has 5 nitrogen and oxygen atoms in total. The lowest BCUT2D eigenvalue weighted by atomic mass is 10.2. The van der Waals surface area contributed by atoms with E-state index in [0.717, 1.165) is 12.8 Å². The van der Waals surface area contributed by atoms with E-state index < -0.39 is 12.0 Å². The van der Waals surface area contributed by atoms with Crippen LogP contribution in [0.3, 0.4) is 0 Å². The van der Waals surface area contributed by atoms with Gasteiger partial charge in [-0.05, 0) is 6.42 Å². The highest BCUT2D eigenvalue weighted by atomic mass is 16.5. The van der Waals surface area contributed by atoms with Crippen molar-refractivity contribution >= 4 is 11.8 Å². The number of nitrogens with two attached hydrogens (primary N) is 1. The Bertz CT molecular complexity index is 193. The summed E-state index contributed by atoms with van der Waals surface area (Å²) >= 11 is 0. The summed E-state index contributed by atoms with van der Waals surface area (Å²) in [5.74, 6) is -1.13. The Kier molecular flexibility index (Phi) is 6.96. The summed E-state index contributed by atoms with van der Waals surface area (Å²) < 4.78 is 4.86. The quantitative estimate of drug-likeness (QED) is 0.587. The molecule has 0 amide bonds. The fourth-order valence-electron chi connectivity index (χ4n) is 0.817. The molecule has 0 saturated heterocycles. The van der Waals surface area contributed by atoms with Gasteiger partial charge in [-0.15, -0.1) is 0 Å². The van der Waals surface area contributed by atoms with Crippen molar-refractivity contribution in [1.82, 2.24) is 0 Å². The Morgan fingerprint density at radius 3 is 2.64 bits per heavy atom. The molecule has 0 unspecified atom stereocenters. The fourth-order valence-corrected chi connectivity index (χ4v) is 0.817. The normalized spacial score (nSPS) is 12.4. The maximum atomic E-state index is 11.0. The second-order valence-electron chi connectivity index (χ2n) is 3.10. The Balaban J connectivity index is 3.44. The smallest absolute Gasteiger partial charge is 0.322 e. The Morgan fingerprint density at radius 2 is 2.14 bits per heavy atom. The van der Waals surface area contributed by atoms with Gasteiger partial charge in [0, 0.05) is 6.42 Å². The Morgan fingerprint density at radius 1 is 1.50 bits per heavy atom. The predicted octanol–water partition coefficient (Wildman–Crippen LogP) is 0.174. The van der Waals surface area contributed by atoms with E-state index in [1.165, 1.54) is 0 Å². The van der Waals surface area contributed by atoms with Crippen molar-refractivity contribution < 1.29 is 19.4 Å². The number of hydrogen-bond donors (Lipinski definition) is 2. The molecule has 0 radical (unpaired) electrons. The zero-order valence-electron chi connectivity index (χ0n) is 8.36. The Hall–Kier alpha value is -0.940. The molecule has 14 heavy (non-hydrogen) atoms. The first kappa shape index (κ1) is 13.1. The number of carbonyl (C=O) groups excluding carboxylic acids is 1. The maximum Gasteiger partial charge on any atom is 0.322 e. The first-order valence-corrected chi connectivity index (χ1v) is 4.65. The first-order valence-electron chi connectivity index (χ1n) is 4.65. The lowest BCUT2D eigenvalue weighted by Crippen LogP contribution is -2.35. The van der Waals surface area contributed by atoms with E-state index >= 15 is 0 Å². The van der Waals surface area contributed by atoms with Crippen LogP contribution in [0.5, 0.6) is 0 Å². The number of hydrogen-bond acceptors (Lipinski definition) is 4. The van der Waals surface area contributed by atoms with Gasteiger partial charge in [-0.1, -0.05) is 13.3 Å². The van der Waals surface area contributed by atoms with E-state index in [9.17, 15) is 9.59 Å². The van der Waals surface area contributed by atoms with Crippen molar-refractivity contribution in [1.29, 1.82) is 0 Å². The largest absolute Gasteiger partial charge is 0.480 e. The molecule has 0 heterocycles. The molecule has 0 rings (SSSR count). The van der Waals surface area contributed by atoms with Crippen LogP contribution >= 0.6 is 0 Å². The molecule has 5 heteroatoms. The second kappa shape index (κ2) is 7.46. The molecule has 0 bridgehead atoms. The van der Waals surface area contributed by atoms with Gasteiger partial charge in [0.25, 0.3) is 0 Å². The van der Waals surface area contributed by atoms with E-state index in [0.29, 0.717) is 6.42 Å². The van der Waals surface area contributed by atoms with Crippen LogP contribution in [0, 0.1) is 0 Å². The van der Waals surface area contributed by atoms with Gasteiger partial charge in [0.15, 0.2) is 5.78 Å². The molecule has 0 aromatic heterocycles. The van der Waals surface area contributed by atoms with Gasteiger partial charge in [0.05, 0.1) is 6.61 Å². The molecule has 1 atom stereocenters. The van der Waals surface area contributed by atoms with Gasteiger partial charge in [-0.2, -0.15) is 0 Å². The average Bonchev–Trinajstić information content (AvgIpc) is 2.14. The van der Waals surface area contributed by atoms with Gasteiger partial charge >= 0.3 is 5.97 Å². The highest BCUT2D eigenvalue weighted by Crippen LogP contribution is 1.95. The van der Waals surface area contributed by atoms with Crippen LogP contribution < -0.4 is 5.73 Å². The van der Waals surface area contributed by atoms with Crippen molar-refractivity contribution in [3.63, 3.8) is 0 Å². The van der Waals surface area contributed by atoms with Crippen LogP contribution in [0.1, 0.15) is 26.2 Å². The second-order valence-corrected chi connectivity index (χ2v) is 3.10. The highest BCUT2D eigenvalue weighted by Gasteiger charge is 2.11. The number of unbranched alkanes of at least 4 members (excludes halogenated alkanes) is 1. The summed E-state index contributed by atoms with van der Waals surface area (Å²) in [6, 6.07) is -1.05. The van der Waals surface area contributed by atoms with Crippen LogP contribution in [0.2, 0.25) is 0 Å². The predicted molar refractivity (Wildman–Crippen MR) is 51.0 cm³/mol. The van der Waals surface area contributed by atoms with Gasteiger partial charge in [0.2, 0.25) is 0 Å². The van der Waals surface area contributed by atoms with Gasteiger partial charge < -0.3 is 15.6 Å². The SMILES string of the molecule is CCCCC(=O)COC[C@H](N)C(=O)O. The van der Waals surface area contributed by atoms with Crippen molar-refractivity contribution in [3.8, 4) is 0 Å². The molecule has 0 spiro atoms. The minimum atomic E-state index is -1.12. The van der Waals surface area contributed by atoms with Crippen LogP contribution in [0.15, 0.2) is 0 Å². The van der Waals surface area contributed by atoms with Crippen LogP contribution in [0.25, 0.3) is 0 Å². The molecule has 82 valence electrons. The summed E-state index contributed by atoms with van der Waals surface area (Å²) in [6.45, 7) is 1.84. The summed E-state index contributed by atoms with van der Waals surface area (Å²) in [4.78, 5) is 21.3. The molecule has 0 aliphatic heterocycles. The van der Waals surface area contributed by atoms with Crippen molar-refractivity contribution in [2.75, 3.05) is 13.2 Å². The number of rotatable bonds is 8. The minimum Gasteiger partial charge on any atom is -0.480 e. The zero-order valence-corrected chi connectivity index (χ0v) is 8.36. The van der Waals surface area contributed by atoms with Gasteiger partial charge in [0.1, 0.15) is 12.6 Å². The molecule has 0 saturated carbocycles. The number of carboxylic acid groups (broad SMARTS) is 1. The standard InChI is InChI=1S/C9H17NO4/c1-2-3-4-7(11)5-14-6-8(10)9(12)13/h8H,2-6,10H2,1H3,(H,12,13)/t8-/m0/s1. The molecule has 0 aromatic carbocycles. The molecular weight excluding hydrogens is 186 g/mol. The van der Waals surface area contributed by atoms with E-state index in [-0.39, 0.29) is 19.0 Å². The van der Waals surface area contributed by atoms with Crippen LogP contribution in [0.4, 0.5) is 0 Å². The van der Waals surface area contributed by atoms with E-state index in [1.807, 2.05) is 6.92 Å². The van der Waals surface area contributed by atoms with E-state index in [4.69, 9.17) is 15.6 Å². The number of carbonyl (C=O) groups is 2. The Labute approximate surface area is 83.2 Å². The molecule has 0 fully saturated rings. The molecule has 0 aliphatic carbocycles. The van der Waals surface area contributed by atoms with E-state index in [2.05, 4.69) is 0 Å². The fraction of sp³-hybridized carbons (Fsp3) is 0.778. The van der Waals surface area contributed by atoms with Crippen molar-refractivity contribution in [2.24, 2.45) is 5.73 Å². The third kappa shape index (κ3) is 6.56. The van der Waals surface area contributed by atoms with Gasteiger partial charge in [-0.3, -0.25) is 9.59 Å². The van der Waals surface area contributed by atoms with Crippen LogP contribution in [-0.4, -0.2) is 36.1 Å². The van der Waals surface area contributed by atoms with Gasteiger partial charge in [-0.25, -0.2) is 0 Å². The van der Waals surface area contributed by atoms with Crippen LogP contribution in [-0.2, 0) is 14.3 Å². The minimum absolute atomic E-state index is 0.00978. The summed E-state index contributed by atoms with van der Waals surface area (Å²) in [7, 11) is 0. The number of aliphatic carboxylic acids is 1. The summed E-state index contributed by atoms with van der Waals surface area (Å²) in [6.07, 6.45) is 2.28. The third-order valence-corrected chi connectivity index (χ3v) is 1.69. The van der Waals surface area contributed by atoms with Crippen molar-refractivity contribution in [3.05, 3.63) is 0 Å². The maximum absolute atomic E-state index is 11.0. The first-order chi connectivity index (χ1) is 6.57. The zero-order chi connectivity index (χ0) is 11.0. The summed E-state index contributed by atoms with van der Waals surface area (Å²) in [5, 5.41) is 8.40. The topological polar surface area (TPSA) is 89.6 Å². The lowest BCUT2D eigenvalue weighted by Gasteiger charge is -2.06. The monoisotopic (exact) mass is 203 g/mol. The third-order valence-electron chi connectivity index (χ3n) is 1.69. The number of carboxylic acids is 1. The molecular formula is C9H17NO4. The van der Waals surface area contributed by atoms with Crippen molar-refractivity contribution in [2.45, 2.75) is 32.2 Å². The number of ether oxygens (including phenoxy) is 1. The molecule has 0 aliphatic rings. The van der Waals surface area contributed by atoms with E-state index in [1.54, 1.807) is 0 Å². The average molecular weight is 203 g/mol. The summed E-state index contributed by atoms with van der Waals surface area (Å²) in [5.41, 5.74) is 5.17. The number of Topliss-reactive ketones (excluding diaryl/α,β-unsaturated/α-hetero) is 1.